The summed E-state index contributed by atoms with van der Waals surface area (Å²) >= 11 is 1.82. The van der Waals surface area contributed by atoms with Crippen LogP contribution in [0.5, 0.6) is 0 Å². The second kappa shape index (κ2) is 3.51. The first-order valence-electron chi connectivity index (χ1n) is 4.98. The summed E-state index contributed by atoms with van der Waals surface area (Å²) in [5.41, 5.74) is 6.85. The SMILES string of the molecule is Cc1nc(N(C)C)sc1C1CC1CN. The third kappa shape index (κ3) is 1.64. The van der Waals surface area contributed by atoms with Gasteiger partial charge in [0.25, 0.3) is 0 Å². The van der Waals surface area contributed by atoms with Crippen molar-refractivity contribution in [2.75, 3.05) is 25.5 Å². The van der Waals surface area contributed by atoms with Gasteiger partial charge in [0.05, 0.1) is 5.69 Å². The van der Waals surface area contributed by atoms with Crippen LogP contribution in [0.25, 0.3) is 0 Å². The molecule has 0 bridgehead atoms. The highest BCUT2D eigenvalue weighted by molar-refractivity contribution is 7.15. The first-order chi connectivity index (χ1) is 6.63. The summed E-state index contributed by atoms with van der Waals surface area (Å²) in [5.74, 6) is 1.41. The molecule has 0 amide bonds. The van der Waals surface area contributed by atoms with Gasteiger partial charge < -0.3 is 10.6 Å². The molecule has 0 spiro atoms. The average Bonchev–Trinajstić information content (AvgIpc) is 2.82. The van der Waals surface area contributed by atoms with Crippen molar-refractivity contribution in [2.24, 2.45) is 11.7 Å². The normalized spacial score (nSPS) is 25.1. The van der Waals surface area contributed by atoms with E-state index in [1.54, 1.807) is 0 Å². The van der Waals surface area contributed by atoms with E-state index < -0.39 is 0 Å². The van der Waals surface area contributed by atoms with Gasteiger partial charge >= 0.3 is 0 Å². The highest BCUT2D eigenvalue weighted by atomic mass is 32.1. The van der Waals surface area contributed by atoms with Gasteiger partial charge in [-0.3, -0.25) is 0 Å². The summed E-state index contributed by atoms with van der Waals surface area (Å²) in [6, 6.07) is 0. The monoisotopic (exact) mass is 211 g/mol. The molecule has 2 atom stereocenters. The summed E-state index contributed by atoms with van der Waals surface area (Å²) < 4.78 is 0. The Morgan fingerprint density at radius 2 is 2.29 bits per heavy atom. The van der Waals surface area contributed by atoms with Crippen LogP contribution in [-0.2, 0) is 0 Å². The molecule has 1 heterocycles. The van der Waals surface area contributed by atoms with Gasteiger partial charge in [-0.15, -0.1) is 11.3 Å². The van der Waals surface area contributed by atoms with E-state index in [1.165, 1.54) is 17.0 Å². The molecule has 1 aliphatic carbocycles. The Balaban J connectivity index is 2.19. The van der Waals surface area contributed by atoms with Crippen molar-refractivity contribution in [3.05, 3.63) is 10.6 Å². The molecular weight excluding hydrogens is 194 g/mol. The van der Waals surface area contributed by atoms with Gasteiger partial charge in [-0.2, -0.15) is 0 Å². The number of nitrogens with zero attached hydrogens (tertiary/aromatic N) is 2. The minimum absolute atomic E-state index is 0.700. The van der Waals surface area contributed by atoms with E-state index in [4.69, 9.17) is 5.73 Å². The number of rotatable bonds is 3. The third-order valence-electron chi connectivity index (χ3n) is 2.77. The van der Waals surface area contributed by atoms with E-state index >= 15 is 0 Å². The lowest BCUT2D eigenvalue weighted by Gasteiger charge is -2.05. The zero-order valence-corrected chi connectivity index (χ0v) is 9.77. The maximum absolute atomic E-state index is 5.65. The van der Waals surface area contributed by atoms with Crippen molar-refractivity contribution in [2.45, 2.75) is 19.3 Å². The molecule has 14 heavy (non-hydrogen) atoms. The lowest BCUT2D eigenvalue weighted by atomic mass is 10.2. The Kier molecular flexibility index (Phi) is 2.49. The van der Waals surface area contributed by atoms with Crippen LogP contribution in [-0.4, -0.2) is 25.6 Å². The lowest BCUT2D eigenvalue weighted by Crippen LogP contribution is -2.07. The highest BCUT2D eigenvalue weighted by Gasteiger charge is 2.39. The molecule has 2 N–H and O–H groups in total. The number of hydrogen-bond donors (Lipinski definition) is 1. The van der Waals surface area contributed by atoms with Gasteiger partial charge in [0, 0.05) is 19.0 Å². The molecule has 0 aliphatic heterocycles. The lowest BCUT2D eigenvalue weighted by molar-refractivity contribution is 0.812. The Bertz CT molecular complexity index is 332. The maximum atomic E-state index is 5.65. The number of nitrogens with two attached hydrogens (primary N) is 1. The molecule has 1 aliphatic rings. The molecule has 1 saturated carbocycles. The predicted molar refractivity (Wildman–Crippen MR) is 61.1 cm³/mol. The minimum Gasteiger partial charge on any atom is -0.354 e. The van der Waals surface area contributed by atoms with Crippen LogP contribution >= 0.6 is 11.3 Å². The van der Waals surface area contributed by atoms with E-state index in [-0.39, 0.29) is 0 Å². The maximum Gasteiger partial charge on any atom is 0.185 e. The first-order valence-corrected chi connectivity index (χ1v) is 5.79. The highest BCUT2D eigenvalue weighted by Crippen LogP contribution is 2.50. The molecule has 2 unspecified atom stereocenters. The number of hydrogen-bond acceptors (Lipinski definition) is 4. The summed E-state index contributed by atoms with van der Waals surface area (Å²) in [7, 11) is 4.07. The van der Waals surface area contributed by atoms with Crippen LogP contribution in [0, 0.1) is 12.8 Å². The second-order valence-corrected chi connectivity index (χ2v) is 5.19. The van der Waals surface area contributed by atoms with Crippen molar-refractivity contribution >= 4 is 16.5 Å². The Hall–Kier alpha value is -0.610. The first kappa shape index (κ1) is 9.93. The van der Waals surface area contributed by atoms with Crippen molar-refractivity contribution < 1.29 is 0 Å². The molecule has 2 rings (SSSR count). The fourth-order valence-corrected chi connectivity index (χ4v) is 2.95. The van der Waals surface area contributed by atoms with E-state index in [0.29, 0.717) is 11.8 Å². The van der Waals surface area contributed by atoms with Crippen molar-refractivity contribution in [1.82, 2.24) is 4.98 Å². The minimum atomic E-state index is 0.700. The molecule has 1 aromatic heterocycles. The molecule has 0 aromatic carbocycles. The molecule has 78 valence electrons. The Morgan fingerprint density at radius 3 is 2.71 bits per heavy atom. The van der Waals surface area contributed by atoms with Crippen molar-refractivity contribution in [3.63, 3.8) is 0 Å². The van der Waals surface area contributed by atoms with Gasteiger partial charge in [-0.1, -0.05) is 0 Å². The van der Waals surface area contributed by atoms with Gasteiger partial charge in [0.2, 0.25) is 0 Å². The number of anilines is 1. The molecule has 1 aromatic rings. The van der Waals surface area contributed by atoms with E-state index in [1.807, 2.05) is 25.4 Å². The van der Waals surface area contributed by atoms with E-state index in [0.717, 1.165) is 11.7 Å². The quantitative estimate of drug-likeness (QED) is 0.825. The number of aromatic nitrogens is 1. The van der Waals surface area contributed by atoms with Crippen LogP contribution in [0.4, 0.5) is 5.13 Å². The summed E-state index contributed by atoms with van der Waals surface area (Å²) in [6.07, 6.45) is 1.26. The molecule has 4 heteroatoms. The van der Waals surface area contributed by atoms with E-state index in [9.17, 15) is 0 Å². The van der Waals surface area contributed by atoms with Gasteiger partial charge in [-0.05, 0) is 31.7 Å². The van der Waals surface area contributed by atoms with Crippen LogP contribution in [0.15, 0.2) is 0 Å². The predicted octanol–water partition coefficient (Wildman–Crippen LogP) is 1.58. The topological polar surface area (TPSA) is 42.2 Å². The van der Waals surface area contributed by atoms with Crippen LogP contribution in [0.3, 0.4) is 0 Å². The van der Waals surface area contributed by atoms with E-state index in [2.05, 4.69) is 16.8 Å². The fraction of sp³-hybridized carbons (Fsp3) is 0.700. The zero-order valence-electron chi connectivity index (χ0n) is 8.95. The van der Waals surface area contributed by atoms with Crippen molar-refractivity contribution in [3.8, 4) is 0 Å². The number of thiazole rings is 1. The largest absolute Gasteiger partial charge is 0.354 e. The van der Waals surface area contributed by atoms with Gasteiger partial charge in [0.15, 0.2) is 5.13 Å². The van der Waals surface area contributed by atoms with Crippen LogP contribution in [0.2, 0.25) is 0 Å². The summed E-state index contributed by atoms with van der Waals surface area (Å²) in [4.78, 5) is 8.06. The molecular formula is C10H17N3S. The second-order valence-electron chi connectivity index (χ2n) is 4.18. The Labute approximate surface area is 88.9 Å². The van der Waals surface area contributed by atoms with Crippen LogP contribution < -0.4 is 10.6 Å². The zero-order chi connectivity index (χ0) is 10.3. The fourth-order valence-electron chi connectivity index (χ4n) is 1.76. The van der Waals surface area contributed by atoms with Gasteiger partial charge in [-0.25, -0.2) is 4.98 Å². The smallest absolute Gasteiger partial charge is 0.185 e. The molecule has 0 saturated heterocycles. The summed E-state index contributed by atoms with van der Waals surface area (Å²) in [5, 5.41) is 1.11. The molecule has 3 nitrogen and oxygen atoms in total. The Morgan fingerprint density at radius 1 is 1.57 bits per heavy atom. The summed E-state index contributed by atoms with van der Waals surface area (Å²) in [6.45, 7) is 2.92. The van der Waals surface area contributed by atoms with Crippen molar-refractivity contribution in [1.29, 1.82) is 0 Å². The van der Waals surface area contributed by atoms with Gasteiger partial charge in [0.1, 0.15) is 0 Å². The third-order valence-corrected chi connectivity index (χ3v) is 4.22. The standard InChI is InChI=1S/C10H17N3S/c1-6-9(8-4-7(8)5-11)14-10(12-6)13(2)3/h7-8H,4-5,11H2,1-3H3. The average molecular weight is 211 g/mol. The molecule has 1 fully saturated rings. The van der Waals surface area contributed by atoms with Crippen LogP contribution in [0.1, 0.15) is 22.9 Å². The molecule has 0 radical (unpaired) electrons. The number of aryl methyl sites for hydroxylation is 1.